The van der Waals surface area contributed by atoms with Gasteiger partial charge in [0.2, 0.25) is 5.91 Å². The van der Waals surface area contributed by atoms with Gasteiger partial charge in [-0.05, 0) is 6.92 Å². The first-order chi connectivity index (χ1) is 13.1. The van der Waals surface area contributed by atoms with E-state index in [1.807, 2.05) is 60.7 Å². The van der Waals surface area contributed by atoms with Crippen molar-refractivity contribution >= 4 is 23.8 Å². The van der Waals surface area contributed by atoms with Crippen LogP contribution in [0, 0.1) is 0 Å². The fraction of sp³-hybridized carbons (Fsp3) is 0.150. The first-order valence-corrected chi connectivity index (χ1v) is 9.13. The van der Waals surface area contributed by atoms with Crippen LogP contribution in [0.2, 0.25) is 0 Å². The van der Waals surface area contributed by atoms with Crippen LogP contribution >= 0.6 is 11.8 Å². The van der Waals surface area contributed by atoms with E-state index in [4.69, 9.17) is 4.42 Å². The number of ether oxygens (including phenoxy) is 1. The summed E-state index contributed by atoms with van der Waals surface area (Å²) in [5, 5.41) is 1.90. The highest BCUT2D eigenvalue weighted by molar-refractivity contribution is 8.00. The molecule has 0 aliphatic carbocycles. The summed E-state index contributed by atoms with van der Waals surface area (Å²) in [6.07, 6.45) is -0.796. The first-order valence-electron chi connectivity index (χ1n) is 8.25. The summed E-state index contributed by atoms with van der Waals surface area (Å²) in [5.41, 5.74) is 2.51. The number of thioether (sulfide) groups is 1. The Labute approximate surface area is 160 Å². The summed E-state index contributed by atoms with van der Waals surface area (Å²) in [6, 6.07) is 19.3. The van der Waals surface area contributed by atoms with E-state index in [1.165, 1.54) is 7.11 Å². The highest BCUT2D eigenvalue weighted by Crippen LogP contribution is 2.36. The van der Waals surface area contributed by atoms with Gasteiger partial charge < -0.3 is 9.15 Å². The second-order valence-corrected chi connectivity index (χ2v) is 6.92. The van der Waals surface area contributed by atoms with Crippen LogP contribution in [-0.2, 0) is 9.53 Å². The number of imide groups is 1. The average Bonchev–Trinajstić information content (AvgIpc) is 3.13. The minimum Gasteiger partial charge on any atom is -0.453 e. The van der Waals surface area contributed by atoms with Crippen molar-refractivity contribution in [2.45, 2.75) is 17.4 Å². The second-order valence-electron chi connectivity index (χ2n) is 5.63. The molecular formula is C20H18N2O4S. The van der Waals surface area contributed by atoms with Crippen molar-refractivity contribution in [1.29, 1.82) is 0 Å². The maximum atomic E-state index is 12.0. The number of aromatic nitrogens is 1. The van der Waals surface area contributed by atoms with Crippen molar-refractivity contribution in [1.82, 2.24) is 10.3 Å². The highest BCUT2D eigenvalue weighted by Gasteiger charge is 2.23. The van der Waals surface area contributed by atoms with E-state index in [2.05, 4.69) is 15.0 Å². The predicted octanol–water partition coefficient (Wildman–Crippen LogP) is 4.37. The Morgan fingerprint density at radius 1 is 1.04 bits per heavy atom. The lowest BCUT2D eigenvalue weighted by molar-refractivity contribution is -0.119. The van der Waals surface area contributed by atoms with Crippen LogP contribution in [0.4, 0.5) is 4.79 Å². The summed E-state index contributed by atoms with van der Waals surface area (Å²) in [6.45, 7) is 1.66. The monoisotopic (exact) mass is 382 g/mol. The number of methoxy groups -OCH3 is 1. The maximum absolute atomic E-state index is 12.0. The zero-order valence-corrected chi connectivity index (χ0v) is 15.7. The normalized spacial score (nSPS) is 11.6. The molecule has 27 heavy (non-hydrogen) atoms. The molecule has 1 aromatic heterocycles. The van der Waals surface area contributed by atoms with E-state index in [-0.39, 0.29) is 0 Å². The third-order valence-electron chi connectivity index (χ3n) is 3.75. The van der Waals surface area contributed by atoms with E-state index >= 15 is 0 Å². The molecule has 7 heteroatoms. The number of oxazole rings is 1. The maximum Gasteiger partial charge on any atom is 0.413 e. The van der Waals surface area contributed by atoms with Gasteiger partial charge in [0.05, 0.1) is 12.4 Å². The lowest BCUT2D eigenvalue weighted by Gasteiger charge is -2.07. The number of alkyl carbamates (subject to hydrolysis) is 1. The molecule has 0 radical (unpaired) electrons. The van der Waals surface area contributed by atoms with Gasteiger partial charge in [0.1, 0.15) is 5.69 Å². The van der Waals surface area contributed by atoms with Crippen LogP contribution in [0.5, 0.6) is 0 Å². The van der Waals surface area contributed by atoms with Gasteiger partial charge in [-0.3, -0.25) is 10.1 Å². The molecule has 0 fully saturated rings. The molecule has 138 valence electrons. The van der Waals surface area contributed by atoms with E-state index in [0.717, 1.165) is 22.9 Å². The lowest BCUT2D eigenvalue weighted by Crippen LogP contribution is -2.35. The Kier molecular flexibility index (Phi) is 5.93. The van der Waals surface area contributed by atoms with Crippen molar-refractivity contribution in [2.24, 2.45) is 0 Å². The smallest absolute Gasteiger partial charge is 0.413 e. The third-order valence-corrected chi connectivity index (χ3v) is 4.69. The van der Waals surface area contributed by atoms with Gasteiger partial charge in [0.25, 0.3) is 5.22 Å². The molecule has 1 N–H and O–H groups in total. The van der Waals surface area contributed by atoms with Gasteiger partial charge in [0, 0.05) is 11.1 Å². The Balaban J connectivity index is 1.90. The molecule has 1 heterocycles. The quantitative estimate of drug-likeness (QED) is 0.660. The molecule has 3 rings (SSSR count). The Morgan fingerprint density at radius 2 is 1.63 bits per heavy atom. The van der Waals surface area contributed by atoms with Crippen molar-refractivity contribution in [3.63, 3.8) is 0 Å². The molecule has 3 aromatic rings. The summed E-state index contributed by atoms with van der Waals surface area (Å²) in [7, 11) is 1.20. The number of benzene rings is 2. The van der Waals surface area contributed by atoms with Crippen LogP contribution < -0.4 is 5.32 Å². The molecule has 6 nitrogen and oxygen atoms in total. The summed E-state index contributed by atoms with van der Waals surface area (Å²) in [5.74, 6) is 0.150. The molecule has 1 atom stereocenters. The van der Waals surface area contributed by atoms with Gasteiger partial charge in [-0.15, -0.1) is 0 Å². The molecule has 0 spiro atoms. The molecule has 0 unspecified atom stereocenters. The fourth-order valence-electron chi connectivity index (χ4n) is 2.39. The van der Waals surface area contributed by atoms with Gasteiger partial charge in [0.15, 0.2) is 5.76 Å². The average molecular weight is 382 g/mol. The fourth-order valence-corrected chi connectivity index (χ4v) is 3.13. The van der Waals surface area contributed by atoms with Gasteiger partial charge >= 0.3 is 6.09 Å². The number of hydrogen-bond acceptors (Lipinski definition) is 6. The number of hydrogen-bond donors (Lipinski definition) is 1. The number of rotatable bonds is 5. The van der Waals surface area contributed by atoms with E-state index < -0.39 is 17.3 Å². The van der Waals surface area contributed by atoms with Gasteiger partial charge in [-0.1, -0.05) is 72.4 Å². The summed E-state index contributed by atoms with van der Waals surface area (Å²) >= 11 is 1.13. The molecule has 2 amide bonds. The Morgan fingerprint density at radius 3 is 2.22 bits per heavy atom. The topological polar surface area (TPSA) is 81.4 Å². The Bertz CT molecular complexity index is 869. The van der Waals surface area contributed by atoms with Crippen molar-refractivity contribution in [3.8, 4) is 22.6 Å². The van der Waals surface area contributed by atoms with E-state index in [9.17, 15) is 9.59 Å². The second kappa shape index (κ2) is 8.55. The van der Waals surface area contributed by atoms with Crippen molar-refractivity contribution in [2.75, 3.05) is 7.11 Å². The van der Waals surface area contributed by atoms with Crippen molar-refractivity contribution in [3.05, 3.63) is 60.7 Å². The lowest BCUT2D eigenvalue weighted by atomic mass is 10.1. The number of carbonyl (C=O) groups is 2. The number of carbonyl (C=O) groups excluding carboxylic acids is 2. The predicted molar refractivity (Wildman–Crippen MR) is 103 cm³/mol. The van der Waals surface area contributed by atoms with Crippen molar-refractivity contribution < 1.29 is 18.7 Å². The van der Waals surface area contributed by atoms with Gasteiger partial charge in [-0.2, -0.15) is 0 Å². The standard InChI is InChI=1S/C20H18N2O4S/c1-13(18(23)22-19(24)25-2)27-20-21-16(14-9-5-3-6-10-14)17(26-20)15-11-7-4-8-12-15/h3-13H,1-2H3,(H,22,23,24)/t13-/m1/s1. The van der Waals surface area contributed by atoms with E-state index in [0.29, 0.717) is 16.7 Å². The van der Waals surface area contributed by atoms with Crippen LogP contribution in [0.3, 0.4) is 0 Å². The van der Waals surface area contributed by atoms with Crippen LogP contribution in [0.25, 0.3) is 22.6 Å². The summed E-state index contributed by atoms with van der Waals surface area (Å²) < 4.78 is 10.4. The third kappa shape index (κ3) is 4.57. The molecule has 2 aromatic carbocycles. The highest BCUT2D eigenvalue weighted by atomic mass is 32.2. The molecule has 0 saturated carbocycles. The van der Waals surface area contributed by atoms with Crippen LogP contribution in [0.1, 0.15) is 6.92 Å². The molecular weight excluding hydrogens is 364 g/mol. The number of amides is 2. The Hall–Kier alpha value is -3.06. The minimum atomic E-state index is -0.796. The van der Waals surface area contributed by atoms with Crippen LogP contribution in [0.15, 0.2) is 70.3 Å². The molecule has 0 aliphatic heterocycles. The number of nitrogens with one attached hydrogen (secondary N) is 1. The zero-order chi connectivity index (χ0) is 19.2. The number of nitrogens with zero attached hydrogens (tertiary/aromatic N) is 1. The first kappa shape index (κ1) is 18.7. The van der Waals surface area contributed by atoms with Crippen LogP contribution in [-0.4, -0.2) is 29.3 Å². The summed E-state index contributed by atoms with van der Waals surface area (Å²) in [4.78, 5) is 27.8. The van der Waals surface area contributed by atoms with E-state index in [1.54, 1.807) is 6.92 Å². The van der Waals surface area contributed by atoms with Gasteiger partial charge in [-0.25, -0.2) is 9.78 Å². The molecule has 0 saturated heterocycles. The molecule has 0 aliphatic rings. The minimum absolute atomic E-state index is 0.347. The largest absolute Gasteiger partial charge is 0.453 e. The SMILES string of the molecule is COC(=O)NC(=O)[C@@H](C)Sc1nc(-c2ccccc2)c(-c2ccccc2)o1. The molecule has 0 bridgehead atoms. The zero-order valence-electron chi connectivity index (χ0n) is 14.8.